The molecule has 0 spiro atoms. The highest BCUT2D eigenvalue weighted by molar-refractivity contribution is 5.64. The van der Waals surface area contributed by atoms with E-state index in [2.05, 4.69) is 20.2 Å². The Hall–Kier alpha value is -3.48. The number of benzene rings is 1. The summed E-state index contributed by atoms with van der Waals surface area (Å²) < 4.78 is 12.2. The molecule has 0 aliphatic carbocycles. The minimum atomic E-state index is 0.409. The Morgan fingerprint density at radius 3 is 2.67 bits per heavy atom. The maximum absolute atomic E-state index is 5.38. The van der Waals surface area contributed by atoms with Gasteiger partial charge in [0.2, 0.25) is 5.82 Å². The van der Waals surface area contributed by atoms with Crippen molar-refractivity contribution in [1.29, 1.82) is 0 Å². The summed E-state index contributed by atoms with van der Waals surface area (Å²) >= 11 is 0. The molecule has 0 aliphatic rings. The average Bonchev–Trinajstić information content (AvgIpc) is 3.34. The summed E-state index contributed by atoms with van der Waals surface area (Å²) in [6.45, 7) is 0. The third-order valence-corrected chi connectivity index (χ3v) is 3.51. The summed E-state index contributed by atoms with van der Waals surface area (Å²) in [4.78, 5) is 8.83. The summed E-state index contributed by atoms with van der Waals surface area (Å²) in [5.41, 5.74) is 2.19. The molecule has 4 rings (SSSR count). The molecule has 3 heterocycles. The SMILES string of the molecule is COc1ccc(-c2nc(-c3ncccc3-n3cccn3)no2)cc1. The van der Waals surface area contributed by atoms with Crippen LogP contribution in [-0.2, 0) is 0 Å². The van der Waals surface area contributed by atoms with Crippen molar-refractivity contribution in [3.8, 4) is 34.4 Å². The van der Waals surface area contributed by atoms with Crippen LogP contribution >= 0.6 is 0 Å². The van der Waals surface area contributed by atoms with E-state index in [4.69, 9.17) is 9.26 Å². The lowest BCUT2D eigenvalue weighted by Crippen LogP contribution is -1.99. The number of methoxy groups -OCH3 is 1. The first-order valence-electron chi connectivity index (χ1n) is 7.29. The van der Waals surface area contributed by atoms with Crippen molar-refractivity contribution >= 4 is 0 Å². The molecule has 4 aromatic rings. The number of rotatable bonds is 4. The van der Waals surface area contributed by atoms with Crippen molar-refractivity contribution in [1.82, 2.24) is 24.9 Å². The fourth-order valence-electron chi connectivity index (χ4n) is 2.34. The van der Waals surface area contributed by atoms with E-state index in [1.807, 2.05) is 48.7 Å². The van der Waals surface area contributed by atoms with Gasteiger partial charge in [-0.3, -0.25) is 4.98 Å². The van der Waals surface area contributed by atoms with Gasteiger partial charge in [0.1, 0.15) is 11.4 Å². The van der Waals surface area contributed by atoms with Crippen LogP contribution < -0.4 is 4.74 Å². The molecular weight excluding hydrogens is 306 g/mol. The Balaban J connectivity index is 1.73. The summed E-state index contributed by atoms with van der Waals surface area (Å²) in [5.74, 6) is 1.60. The predicted molar refractivity (Wildman–Crippen MR) is 86.6 cm³/mol. The molecule has 0 N–H and O–H groups in total. The molecule has 0 unspecified atom stereocenters. The molecule has 0 aliphatic heterocycles. The van der Waals surface area contributed by atoms with Gasteiger partial charge in [0.25, 0.3) is 5.89 Å². The van der Waals surface area contributed by atoms with E-state index in [1.165, 1.54) is 0 Å². The van der Waals surface area contributed by atoms with Crippen LogP contribution in [0.4, 0.5) is 0 Å². The third-order valence-electron chi connectivity index (χ3n) is 3.51. The first-order valence-corrected chi connectivity index (χ1v) is 7.29. The second kappa shape index (κ2) is 5.96. The van der Waals surface area contributed by atoms with Gasteiger partial charge in [0.15, 0.2) is 0 Å². The number of aromatic nitrogens is 5. The summed E-state index contributed by atoms with van der Waals surface area (Å²) in [5, 5.41) is 8.29. The molecule has 7 nitrogen and oxygen atoms in total. The van der Waals surface area contributed by atoms with Gasteiger partial charge in [-0.2, -0.15) is 10.1 Å². The highest BCUT2D eigenvalue weighted by atomic mass is 16.5. The molecule has 24 heavy (non-hydrogen) atoms. The zero-order chi connectivity index (χ0) is 16.4. The van der Waals surface area contributed by atoms with Crippen molar-refractivity contribution in [2.45, 2.75) is 0 Å². The molecule has 0 fully saturated rings. The molecule has 0 amide bonds. The fourth-order valence-corrected chi connectivity index (χ4v) is 2.34. The molecule has 0 radical (unpaired) electrons. The van der Waals surface area contributed by atoms with Crippen LogP contribution in [0, 0.1) is 0 Å². The lowest BCUT2D eigenvalue weighted by Gasteiger charge is -2.04. The predicted octanol–water partition coefficient (Wildman–Crippen LogP) is 2.99. The molecular formula is C17H13N5O2. The van der Waals surface area contributed by atoms with E-state index in [-0.39, 0.29) is 0 Å². The van der Waals surface area contributed by atoms with Crippen molar-refractivity contribution in [2.24, 2.45) is 0 Å². The van der Waals surface area contributed by atoms with E-state index in [1.54, 1.807) is 24.2 Å². The second-order valence-corrected chi connectivity index (χ2v) is 4.97. The zero-order valence-electron chi connectivity index (χ0n) is 12.8. The van der Waals surface area contributed by atoms with Gasteiger partial charge < -0.3 is 9.26 Å². The lowest BCUT2D eigenvalue weighted by molar-refractivity contribution is 0.414. The summed E-state index contributed by atoms with van der Waals surface area (Å²) in [6.07, 6.45) is 5.23. The number of pyridine rings is 1. The minimum absolute atomic E-state index is 0.409. The molecule has 7 heteroatoms. The summed E-state index contributed by atoms with van der Waals surface area (Å²) in [7, 11) is 1.62. The van der Waals surface area contributed by atoms with Crippen molar-refractivity contribution < 1.29 is 9.26 Å². The standard InChI is InChI=1S/C17H13N5O2/c1-23-13-7-5-12(6-8-13)17-20-16(21-24-17)15-14(4-2-9-18-15)22-11-3-10-19-22/h2-11H,1H3. The van der Waals surface area contributed by atoms with Crippen LogP contribution in [0.25, 0.3) is 28.7 Å². The fraction of sp³-hybridized carbons (Fsp3) is 0.0588. The number of ether oxygens (including phenoxy) is 1. The Kier molecular flexibility index (Phi) is 3.51. The maximum Gasteiger partial charge on any atom is 0.258 e. The monoisotopic (exact) mass is 319 g/mol. The Labute approximate surface area is 137 Å². The average molecular weight is 319 g/mol. The largest absolute Gasteiger partial charge is 0.497 e. The van der Waals surface area contributed by atoms with Gasteiger partial charge in [-0.05, 0) is 42.5 Å². The van der Waals surface area contributed by atoms with Crippen LogP contribution in [0.1, 0.15) is 0 Å². The first kappa shape index (κ1) is 14.1. The topological polar surface area (TPSA) is 78.9 Å². The van der Waals surface area contributed by atoms with Crippen molar-refractivity contribution in [3.63, 3.8) is 0 Å². The van der Waals surface area contributed by atoms with E-state index >= 15 is 0 Å². The molecule has 3 aromatic heterocycles. The molecule has 118 valence electrons. The van der Waals surface area contributed by atoms with Crippen LogP contribution in [0.3, 0.4) is 0 Å². The van der Waals surface area contributed by atoms with Crippen LogP contribution in [0.15, 0.2) is 65.6 Å². The van der Waals surface area contributed by atoms with Crippen molar-refractivity contribution in [2.75, 3.05) is 7.11 Å². The zero-order valence-corrected chi connectivity index (χ0v) is 12.8. The minimum Gasteiger partial charge on any atom is -0.497 e. The smallest absolute Gasteiger partial charge is 0.258 e. The molecule has 0 saturated heterocycles. The van der Waals surface area contributed by atoms with Gasteiger partial charge in [0, 0.05) is 24.2 Å². The van der Waals surface area contributed by atoms with Crippen LogP contribution in [0.2, 0.25) is 0 Å². The lowest BCUT2D eigenvalue weighted by atomic mass is 10.2. The molecule has 0 atom stereocenters. The number of hydrogen-bond donors (Lipinski definition) is 0. The molecule has 0 bridgehead atoms. The Morgan fingerprint density at radius 1 is 1.04 bits per heavy atom. The second-order valence-electron chi connectivity index (χ2n) is 4.97. The molecule has 1 aromatic carbocycles. The Bertz CT molecular complexity index is 945. The van der Waals surface area contributed by atoms with Crippen LogP contribution in [-0.4, -0.2) is 32.0 Å². The third kappa shape index (κ3) is 2.52. The van der Waals surface area contributed by atoms with E-state index in [0.717, 1.165) is 17.0 Å². The van der Waals surface area contributed by atoms with Gasteiger partial charge in [-0.1, -0.05) is 5.16 Å². The highest BCUT2D eigenvalue weighted by Gasteiger charge is 2.16. The normalized spacial score (nSPS) is 10.7. The van der Waals surface area contributed by atoms with E-state index in [9.17, 15) is 0 Å². The van der Waals surface area contributed by atoms with Gasteiger partial charge in [-0.25, -0.2) is 4.68 Å². The highest BCUT2D eigenvalue weighted by Crippen LogP contribution is 2.26. The number of hydrogen-bond acceptors (Lipinski definition) is 6. The summed E-state index contributed by atoms with van der Waals surface area (Å²) in [6, 6.07) is 13.0. The van der Waals surface area contributed by atoms with Crippen LogP contribution in [0.5, 0.6) is 5.75 Å². The van der Waals surface area contributed by atoms with Crippen molar-refractivity contribution in [3.05, 3.63) is 61.1 Å². The van der Waals surface area contributed by atoms with E-state index in [0.29, 0.717) is 17.4 Å². The van der Waals surface area contributed by atoms with Gasteiger partial charge in [0.05, 0.1) is 12.8 Å². The first-order chi connectivity index (χ1) is 11.8. The van der Waals surface area contributed by atoms with E-state index < -0.39 is 0 Å². The quantitative estimate of drug-likeness (QED) is 0.575. The van der Waals surface area contributed by atoms with Gasteiger partial charge >= 0.3 is 0 Å². The Morgan fingerprint density at radius 2 is 1.92 bits per heavy atom. The molecule has 0 saturated carbocycles. The van der Waals surface area contributed by atoms with Gasteiger partial charge in [-0.15, -0.1) is 0 Å². The number of nitrogens with zero attached hydrogens (tertiary/aromatic N) is 5. The maximum atomic E-state index is 5.38.